The molecule has 0 bridgehead atoms. The standard InChI is InChI=1S/C16H13N3O4S3/c1-19-12-6-4-10(8-13(12)23-16(19)20)26(21,22)18-9-3-5-11-14(7-9)25-15(17-11)24-2/h3-8,18H,1-2H3. The number of hydrogen-bond acceptors (Lipinski definition) is 7. The molecule has 2 heterocycles. The number of thiazole rings is 1. The summed E-state index contributed by atoms with van der Waals surface area (Å²) >= 11 is 3.05. The lowest BCUT2D eigenvalue weighted by atomic mass is 10.3. The first kappa shape index (κ1) is 17.1. The van der Waals surface area contributed by atoms with Crippen LogP contribution in [-0.4, -0.2) is 24.2 Å². The second-order valence-corrected chi connectivity index (χ2v) is 9.29. The van der Waals surface area contributed by atoms with Crippen molar-refractivity contribution < 1.29 is 12.8 Å². The molecule has 2 aromatic heterocycles. The summed E-state index contributed by atoms with van der Waals surface area (Å²) in [7, 11) is -2.25. The van der Waals surface area contributed by atoms with Gasteiger partial charge in [0.05, 0.1) is 26.3 Å². The van der Waals surface area contributed by atoms with Crippen LogP contribution in [0.2, 0.25) is 0 Å². The van der Waals surface area contributed by atoms with Crippen LogP contribution in [0.5, 0.6) is 0 Å². The minimum Gasteiger partial charge on any atom is -0.408 e. The molecule has 0 unspecified atom stereocenters. The Morgan fingerprint density at radius 1 is 1.23 bits per heavy atom. The molecule has 134 valence electrons. The molecule has 0 saturated heterocycles. The largest absolute Gasteiger partial charge is 0.419 e. The van der Waals surface area contributed by atoms with Gasteiger partial charge in [-0.05, 0) is 36.6 Å². The highest BCUT2D eigenvalue weighted by Crippen LogP contribution is 2.30. The zero-order valence-electron chi connectivity index (χ0n) is 13.7. The molecular weight excluding hydrogens is 394 g/mol. The Bertz CT molecular complexity index is 1300. The van der Waals surface area contributed by atoms with Crippen molar-refractivity contribution in [1.82, 2.24) is 9.55 Å². The first-order valence-electron chi connectivity index (χ1n) is 7.44. The van der Waals surface area contributed by atoms with Crippen LogP contribution in [0.15, 0.2) is 54.8 Å². The van der Waals surface area contributed by atoms with Crippen LogP contribution in [0.1, 0.15) is 0 Å². The third-order valence-electron chi connectivity index (χ3n) is 3.87. The predicted molar refractivity (Wildman–Crippen MR) is 104 cm³/mol. The molecule has 0 aliphatic carbocycles. The number of benzene rings is 2. The normalized spacial score (nSPS) is 12.1. The highest BCUT2D eigenvalue weighted by Gasteiger charge is 2.17. The number of oxazole rings is 1. The van der Waals surface area contributed by atoms with Crippen LogP contribution in [0.3, 0.4) is 0 Å². The van der Waals surface area contributed by atoms with E-state index >= 15 is 0 Å². The highest BCUT2D eigenvalue weighted by molar-refractivity contribution is 8.00. The van der Waals surface area contributed by atoms with Crippen molar-refractivity contribution in [2.75, 3.05) is 11.0 Å². The van der Waals surface area contributed by atoms with Crippen LogP contribution in [-0.2, 0) is 17.1 Å². The van der Waals surface area contributed by atoms with Crippen molar-refractivity contribution in [2.45, 2.75) is 9.24 Å². The van der Waals surface area contributed by atoms with Gasteiger partial charge < -0.3 is 4.42 Å². The lowest BCUT2D eigenvalue weighted by Gasteiger charge is -2.08. The topological polar surface area (TPSA) is 94.2 Å². The molecule has 4 aromatic rings. The van der Waals surface area contributed by atoms with Gasteiger partial charge in [0.25, 0.3) is 10.0 Å². The van der Waals surface area contributed by atoms with E-state index < -0.39 is 15.8 Å². The quantitative estimate of drug-likeness (QED) is 0.522. The Morgan fingerprint density at radius 3 is 2.81 bits per heavy atom. The third-order valence-corrected chi connectivity index (χ3v) is 7.25. The fourth-order valence-corrected chi connectivity index (χ4v) is 5.14. The molecule has 0 fully saturated rings. The van der Waals surface area contributed by atoms with Gasteiger partial charge in [-0.15, -0.1) is 11.3 Å². The number of fused-ring (bicyclic) bond motifs is 2. The van der Waals surface area contributed by atoms with Gasteiger partial charge >= 0.3 is 5.76 Å². The van der Waals surface area contributed by atoms with Gasteiger partial charge in [0.2, 0.25) is 0 Å². The summed E-state index contributed by atoms with van der Waals surface area (Å²) in [4.78, 5) is 16.0. The minimum atomic E-state index is -3.82. The first-order valence-corrected chi connectivity index (χ1v) is 11.0. The average Bonchev–Trinajstić information content (AvgIpc) is 3.14. The monoisotopic (exact) mass is 407 g/mol. The lowest BCUT2D eigenvalue weighted by Crippen LogP contribution is -2.12. The Morgan fingerprint density at radius 2 is 2.04 bits per heavy atom. The van der Waals surface area contributed by atoms with Gasteiger partial charge in [-0.3, -0.25) is 9.29 Å². The van der Waals surface area contributed by atoms with Crippen LogP contribution in [0, 0.1) is 0 Å². The predicted octanol–water partition coefficient (Wildman–Crippen LogP) is 3.26. The molecule has 1 N–H and O–H groups in total. The summed E-state index contributed by atoms with van der Waals surface area (Å²) in [6.07, 6.45) is 1.94. The van der Waals surface area contributed by atoms with Crippen LogP contribution < -0.4 is 10.5 Å². The van der Waals surface area contributed by atoms with Crippen molar-refractivity contribution in [2.24, 2.45) is 7.05 Å². The molecule has 0 spiro atoms. The fourth-order valence-electron chi connectivity index (χ4n) is 2.55. The van der Waals surface area contributed by atoms with E-state index in [1.54, 1.807) is 43.1 Å². The zero-order chi connectivity index (χ0) is 18.5. The maximum absolute atomic E-state index is 12.7. The molecule has 0 saturated carbocycles. The van der Waals surface area contributed by atoms with Crippen molar-refractivity contribution in [3.05, 3.63) is 46.9 Å². The molecule has 0 amide bonds. The van der Waals surface area contributed by atoms with Crippen LogP contribution >= 0.6 is 23.1 Å². The zero-order valence-corrected chi connectivity index (χ0v) is 16.2. The molecule has 0 aliphatic heterocycles. The van der Waals surface area contributed by atoms with E-state index in [-0.39, 0.29) is 10.5 Å². The number of anilines is 1. The van der Waals surface area contributed by atoms with E-state index in [2.05, 4.69) is 9.71 Å². The maximum atomic E-state index is 12.7. The molecule has 26 heavy (non-hydrogen) atoms. The molecular formula is C16H13N3O4S3. The maximum Gasteiger partial charge on any atom is 0.419 e. The van der Waals surface area contributed by atoms with Gasteiger partial charge in [-0.1, -0.05) is 11.8 Å². The summed E-state index contributed by atoms with van der Waals surface area (Å²) in [5.74, 6) is -0.539. The molecule has 0 radical (unpaired) electrons. The summed E-state index contributed by atoms with van der Waals surface area (Å²) in [6.45, 7) is 0. The number of rotatable bonds is 4. The van der Waals surface area contributed by atoms with Crippen molar-refractivity contribution in [1.29, 1.82) is 0 Å². The van der Waals surface area contributed by atoms with Gasteiger partial charge in [-0.25, -0.2) is 18.2 Å². The Labute approximate surface area is 156 Å². The van der Waals surface area contributed by atoms with Gasteiger partial charge in [0.15, 0.2) is 9.92 Å². The number of aromatic nitrogens is 2. The van der Waals surface area contributed by atoms with Crippen LogP contribution in [0.4, 0.5) is 5.69 Å². The minimum absolute atomic E-state index is 0.0218. The van der Waals surface area contributed by atoms with Crippen LogP contribution in [0.25, 0.3) is 21.3 Å². The number of hydrogen-bond donors (Lipinski definition) is 1. The number of nitrogens with one attached hydrogen (secondary N) is 1. The number of sulfonamides is 1. The second kappa shape index (κ2) is 6.15. The van der Waals surface area contributed by atoms with E-state index in [1.165, 1.54) is 28.0 Å². The molecule has 0 aliphatic rings. The second-order valence-electron chi connectivity index (χ2n) is 5.53. The van der Waals surface area contributed by atoms with Crippen molar-refractivity contribution >= 4 is 60.1 Å². The fraction of sp³-hybridized carbons (Fsp3) is 0.125. The van der Waals surface area contributed by atoms with Gasteiger partial charge in [-0.2, -0.15) is 0 Å². The number of thioether (sulfide) groups is 1. The van der Waals surface area contributed by atoms with E-state index in [4.69, 9.17) is 4.42 Å². The SMILES string of the molecule is CSc1nc2ccc(NS(=O)(=O)c3ccc4c(c3)oc(=O)n4C)cc2s1. The average molecular weight is 407 g/mol. The molecule has 10 heteroatoms. The Balaban J connectivity index is 1.71. The Hall–Kier alpha value is -2.30. The van der Waals surface area contributed by atoms with E-state index in [1.807, 2.05) is 6.26 Å². The van der Waals surface area contributed by atoms with Crippen molar-refractivity contribution in [3.63, 3.8) is 0 Å². The third kappa shape index (κ3) is 2.89. The van der Waals surface area contributed by atoms with E-state index in [0.29, 0.717) is 11.2 Å². The number of aryl methyl sites for hydroxylation is 1. The van der Waals surface area contributed by atoms with E-state index in [9.17, 15) is 13.2 Å². The van der Waals surface area contributed by atoms with Gasteiger partial charge in [0.1, 0.15) is 0 Å². The highest BCUT2D eigenvalue weighted by atomic mass is 32.2. The summed E-state index contributed by atoms with van der Waals surface area (Å²) in [5.41, 5.74) is 2.03. The van der Waals surface area contributed by atoms with Gasteiger partial charge in [0, 0.05) is 13.1 Å². The molecule has 7 nitrogen and oxygen atoms in total. The van der Waals surface area contributed by atoms with Crippen molar-refractivity contribution in [3.8, 4) is 0 Å². The lowest BCUT2D eigenvalue weighted by molar-refractivity contribution is 0.527. The summed E-state index contributed by atoms with van der Waals surface area (Å²) in [6, 6.07) is 9.54. The summed E-state index contributed by atoms with van der Waals surface area (Å²) < 4.78 is 36.1. The molecule has 2 aromatic carbocycles. The first-order chi connectivity index (χ1) is 12.4. The Kier molecular flexibility index (Phi) is 4.05. The smallest absolute Gasteiger partial charge is 0.408 e. The van der Waals surface area contributed by atoms with E-state index in [0.717, 1.165) is 14.6 Å². The number of nitrogens with zero attached hydrogens (tertiary/aromatic N) is 2. The molecule has 0 atom stereocenters. The molecule has 4 rings (SSSR count). The summed E-state index contributed by atoms with van der Waals surface area (Å²) in [5, 5.41) is 0.